The topological polar surface area (TPSA) is 51.0 Å². The van der Waals surface area contributed by atoms with Gasteiger partial charge in [0, 0.05) is 23.4 Å². The molecule has 0 atom stereocenters. The van der Waals surface area contributed by atoms with Crippen molar-refractivity contribution in [3.8, 4) is 11.4 Å². The average molecular weight is 425 g/mol. The van der Waals surface area contributed by atoms with E-state index in [0.29, 0.717) is 6.07 Å². The quantitative estimate of drug-likeness (QED) is 0.550. The number of carbonyl (C=O) groups is 1. The van der Waals surface area contributed by atoms with Crippen LogP contribution in [0.25, 0.3) is 17.6 Å². The van der Waals surface area contributed by atoms with Crippen LogP contribution in [0.3, 0.4) is 0 Å². The van der Waals surface area contributed by atoms with Crippen LogP contribution in [0.15, 0.2) is 24.5 Å². The third kappa shape index (κ3) is 4.13. The first-order valence-electron chi connectivity index (χ1n) is 7.72. The Kier molecular flexibility index (Phi) is 5.13. The fraction of sp³-hybridized carbons (Fsp3) is 0.312. The number of hydrogen-bond acceptors (Lipinski definition) is 3. The number of hydrogen-bond donors (Lipinski definition) is 0. The van der Waals surface area contributed by atoms with Gasteiger partial charge in [-0.15, -0.1) is 5.10 Å². The van der Waals surface area contributed by atoms with E-state index < -0.39 is 48.4 Å². The minimum atomic E-state index is -4.80. The van der Waals surface area contributed by atoms with Crippen molar-refractivity contribution in [3.63, 3.8) is 0 Å². The number of aromatic nitrogens is 3. The van der Waals surface area contributed by atoms with Gasteiger partial charge in [0.2, 0.25) is 5.91 Å². The molecule has 1 aliphatic heterocycles. The highest BCUT2D eigenvalue weighted by molar-refractivity contribution is 6.32. The lowest BCUT2D eigenvalue weighted by atomic mass is 10.1. The van der Waals surface area contributed by atoms with Crippen molar-refractivity contribution in [2.45, 2.75) is 18.8 Å². The summed E-state index contributed by atoms with van der Waals surface area (Å²) in [5, 5.41) is 3.14. The molecule has 12 heteroatoms. The predicted molar refractivity (Wildman–Crippen MR) is 87.1 cm³/mol. The molecule has 1 aromatic heterocycles. The second kappa shape index (κ2) is 7.12. The van der Waals surface area contributed by atoms with Gasteiger partial charge in [0.15, 0.2) is 5.82 Å². The number of halogens is 7. The van der Waals surface area contributed by atoms with Crippen molar-refractivity contribution >= 4 is 23.7 Å². The van der Waals surface area contributed by atoms with E-state index in [1.807, 2.05) is 0 Å². The molecule has 1 saturated heterocycles. The Balaban J connectivity index is 1.82. The Labute approximate surface area is 159 Å². The zero-order valence-corrected chi connectivity index (χ0v) is 14.6. The van der Waals surface area contributed by atoms with E-state index in [-0.39, 0.29) is 17.0 Å². The van der Waals surface area contributed by atoms with Crippen molar-refractivity contribution in [1.29, 1.82) is 0 Å². The van der Waals surface area contributed by atoms with Crippen molar-refractivity contribution in [2.75, 3.05) is 13.1 Å². The van der Waals surface area contributed by atoms with Gasteiger partial charge in [-0.3, -0.25) is 4.79 Å². The molecule has 1 amide bonds. The molecular weight excluding hydrogens is 414 g/mol. The number of benzene rings is 1. The Morgan fingerprint density at radius 1 is 1.29 bits per heavy atom. The van der Waals surface area contributed by atoms with Crippen LogP contribution < -0.4 is 0 Å². The van der Waals surface area contributed by atoms with Crippen LogP contribution in [0.5, 0.6) is 0 Å². The lowest BCUT2D eigenvalue weighted by Crippen LogP contribution is -2.58. The number of alkyl halides is 6. The molecular formula is C16H11ClF6N4O. The maximum atomic E-state index is 13.1. The van der Waals surface area contributed by atoms with Gasteiger partial charge < -0.3 is 4.90 Å². The van der Waals surface area contributed by atoms with Gasteiger partial charge in [0.25, 0.3) is 5.92 Å². The highest BCUT2D eigenvalue weighted by Crippen LogP contribution is 2.39. The zero-order valence-electron chi connectivity index (χ0n) is 13.9. The normalized spacial score (nSPS) is 16.5. The zero-order chi connectivity index (χ0) is 20.7. The summed E-state index contributed by atoms with van der Waals surface area (Å²) in [5.41, 5.74) is -1.71. The van der Waals surface area contributed by atoms with E-state index >= 15 is 0 Å². The molecule has 1 aromatic carbocycles. The van der Waals surface area contributed by atoms with Gasteiger partial charge in [-0.1, -0.05) is 11.6 Å². The fourth-order valence-electron chi connectivity index (χ4n) is 2.51. The Morgan fingerprint density at radius 3 is 2.54 bits per heavy atom. The summed E-state index contributed by atoms with van der Waals surface area (Å²) in [6, 6.07) is 1.78. The number of carbonyl (C=O) groups excluding carboxylic acids is 1. The Bertz CT molecular complexity index is 932. The molecule has 0 aliphatic carbocycles. The maximum absolute atomic E-state index is 13.1. The Morgan fingerprint density at radius 2 is 1.96 bits per heavy atom. The summed E-state index contributed by atoms with van der Waals surface area (Å²) in [6.45, 7) is -2.59. The van der Waals surface area contributed by atoms with Crippen molar-refractivity contribution in [3.05, 3.63) is 40.7 Å². The van der Waals surface area contributed by atoms with E-state index in [1.165, 1.54) is 0 Å². The first-order chi connectivity index (χ1) is 13.0. The predicted octanol–water partition coefficient (Wildman–Crippen LogP) is 4.04. The third-order valence-electron chi connectivity index (χ3n) is 3.89. The smallest absolute Gasteiger partial charge is 0.327 e. The second-order valence-corrected chi connectivity index (χ2v) is 6.42. The third-order valence-corrected chi connectivity index (χ3v) is 4.34. The van der Waals surface area contributed by atoms with E-state index in [4.69, 9.17) is 11.6 Å². The first kappa shape index (κ1) is 20.2. The molecule has 28 heavy (non-hydrogen) atoms. The molecule has 2 heterocycles. The second-order valence-electron chi connectivity index (χ2n) is 6.04. The largest absolute Gasteiger partial charge is 0.417 e. The standard InChI is InChI=1S/C16H11ClF6N4O/c17-13-10(5-18)3-9(4-11(13)16(21,22)23)14-24-8-27(25-14)2-1-12(28)26-6-15(19,20)7-26/h1-4,8H,5-7H2/b2-1-. The summed E-state index contributed by atoms with van der Waals surface area (Å²) in [6.07, 6.45) is -1.61. The van der Waals surface area contributed by atoms with Crippen LogP contribution in [0.2, 0.25) is 5.02 Å². The van der Waals surface area contributed by atoms with Gasteiger partial charge in [-0.05, 0) is 12.1 Å². The molecule has 0 bridgehead atoms. The summed E-state index contributed by atoms with van der Waals surface area (Å²) < 4.78 is 78.8. The maximum Gasteiger partial charge on any atom is 0.417 e. The average Bonchev–Trinajstić information content (AvgIpc) is 3.05. The van der Waals surface area contributed by atoms with Crippen LogP contribution >= 0.6 is 11.6 Å². The van der Waals surface area contributed by atoms with Gasteiger partial charge in [0.1, 0.15) is 13.0 Å². The van der Waals surface area contributed by atoms with Gasteiger partial charge in [0.05, 0.1) is 23.7 Å². The molecule has 2 aromatic rings. The molecule has 3 rings (SSSR count). The molecule has 0 radical (unpaired) electrons. The molecule has 1 fully saturated rings. The van der Waals surface area contributed by atoms with Crippen LogP contribution in [0.1, 0.15) is 11.1 Å². The van der Waals surface area contributed by atoms with E-state index in [9.17, 15) is 31.1 Å². The minimum Gasteiger partial charge on any atom is -0.327 e. The molecule has 0 spiro atoms. The fourth-order valence-corrected chi connectivity index (χ4v) is 2.78. The minimum absolute atomic E-state index is 0.120. The molecule has 0 saturated carbocycles. The van der Waals surface area contributed by atoms with Gasteiger partial charge >= 0.3 is 6.18 Å². The van der Waals surface area contributed by atoms with Crippen molar-refractivity contribution < 1.29 is 31.1 Å². The van der Waals surface area contributed by atoms with Crippen LogP contribution in [0.4, 0.5) is 26.3 Å². The van der Waals surface area contributed by atoms with Crippen LogP contribution in [0, 0.1) is 0 Å². The summed E-state index contributed by atoms with van der Waals surface area (Å²) in [4.78, 5) is 16.4. The Hall–Kier alpha value is -2.56. The first-order valence-corrected chi connectivity index (χ1v) is 8.10. The number of likely N-dealkylation sites (tertiary alicyclic amines) is 1. The molecule has 150 valence electrons. The van der Waals surface area contributed by atoms with E-state index in [2.05, 4.69) is 10.1 Å². The molecule has 0 unspecified atom stereocenters. The van der Waals surface area contributed by atoms with Crippen LogP contribution in [-0.4, -0.2) is 44.6 Å². The van der Waals surface area contributed by atoms with E-state index in [1.54, 1.807) is 0 Å². The van der Waals surface area contributed by atoms with Crippen molar-refractivity contribution in [2.24, 2.45) is 0 Å². The summed E-state index contributed by atoms with van der Waals surface area (Å²) in [5.74, 6) is -3.74. The number of rotatable bonds is 4. The van der Waals surface area contributed by atoms with Crippen LogP contribution in [-0.2, 0) is 17.6 Å². The number of nitrogens with zero attached hydrogens (tertiary/aromatic N) is 4. The SMILES string of the molecule is O=C(/C=C\n1cnc(-c2cc(CF)c(Cl)c(C(F)(F)F)c2)n1)N1CC(F)(F)C1. The highest BCUT2D eigenvalue weighted by Gasteiger charge is 2.45. The lowest BCUT2D eigenvalue weighted by Gasteiger charge is -2.37. The molecule has 5 nitrogen and oxygen atoms in total. The monoisotopic (exact) mass is 424 g/mol. The summed E-state index contributed by atoms with van der Waals surface area (Å²) >= 11 is 5.60. The van der Waals surface area contributed by atoms with E-state index in [0.717, 1.165) is 34.3 Å². The van der Waals surface area contributed by atoms with Gasteiger partial charge in [-0.25, -0.2) is 22.8 Å². The molecule has 1 aliphatic rings. The number of amides is 1. The highest BCUT2D eigenvalue weighted by atomic mass is 35.5. The summed E-state index contributed by atoms with van der Waals surface area (Å²) in [7, 11) is 0. The van der Waals surface area contributed by atoms with Gasteiger partial charge in [-0.2, -0.15) is 13.2 Å². The molecule has 0 N–H and O–H groups in total. The van der Waals surface area contributed by atoms with Crippen molar-refractivity contribution in [1.82, 2.24) is 19.7 Å². The lowest BCUT2D eigenvalue weighted by molar-refractivity contribution is -0.160.